The number of aliphatic hydroxyl groups is 1. The number of carbonyl (C=O) groups is 9. The number of methoxy groups -OCH3 is 4. The molecule has 0 spiro atoms. The number of hydrogen-bond donors (Lipinski definition) is 6. The summed E-state index contributed by atoms with van der Waals surface area (Å²) in [4.78, 5) is 116. The van der Waals surface area contributed by atoms with Gasteiger partial charge in [-0.15, -0.1) is 0 Å². The van der Waals surface area contributed by atoms with E-state index >= 15 is 0 Å². The van der Waals surface area contributed by atoms with Crippen molar-refractivity contribution >= 4 is 138 Å². The number of ether oxygens (including phenoxy) is 4. The molecule has 0 aliphatic carbocycles. The van der Waals surface area contributed by atoms with Gasteiger partial charge in [0.2, 0.25) is 0 Å². The van der Waals surface area contributed by atoms with E-state index in [1.807, 2.05) is 123 Å². The van der Waals surface area contributed by atoms with Crippen molar-refractivity contribution in [3.63, 3.8) is 0 Å². The van der Waals surface area contributed by atoms with E-state index in [0.717, 1.165) is 158 Å². The number of anilines is 4. The van der Waals surface area contributed by atoms with Crippen molar-refractivity contribution < 1.29 is 67.2 Å². The Balaban J connectivity index is 0.000000158. The van der Waals surface area contributed by atoms with E-state index in [0.29, 0.717) is 81.1 Å². The molecule has 4 atom stereocenters. The minimum atomic E-state index is -0.394. The van der Waals surface area contributed by atoms with Gasteiger partial charge in [-0.1, -0.05) is 137 Å². The highest BCUT2D eigenvalue weighted by Gasteiger charge is 2.35. The van der Waals surface area contributed by atoms with Gasteiger partial charge in [-0.05, 0) is 248 Å². The molecule has 30 nitrogen and oxygen atoms in total. The van der Waals surface area contributed by atoms with E-state index in [1.165, 1.54) is 52.3 Å². The van der Waals surface area contributed by atoms with Gasteiger partial charge in [0.05, 0.1) is 124 Å². The first-order valence-electron chi connectivity index (χ1n) is 44.5. The number of aldehydes is 1. The minimum Gasteiger partial charge on any atom is -0.465 e. The van der Waals surface area contributed by atoms with E-state index < -0.39 is 5.97 Å². The van der Waals surface area contributed by atoms with Gasteiger partial charge >= 0.3 is 23.9 Å². The number of aliphatic hydroxyl groups excluding tert-OH is 1. The number of alkyl halides is 1. The molecule has 4 aliphatic heterocycles. The van der Waals surface area contributed by atoms with Crippen LogP contribution in [0.5, 0.6) is 0 Å². The largest absolute Gasteiger partial charge is 0.465 e. The smallest absolute Gasteiger partial charge is 0.337 e. The Morgan fingerprint density at radius 3 is 0.956 bits per heavy atom. The minimum absolute atomic E-state index is 0.150. The monoisotopic (exact) mass is 2120 g/mol. The number of aromatic nitrogens is 8. The quantitative estimate of drug-likeness (QED) is 0.00833. The van der Waals surface area contributed by atoms with E-state index in [4.69, 9.17) is 19.3 Å². The molecular weight excluding hydrogens is 2010 g/mol. The Kier molecular flexibility index (Phi) is 35.8. The summed E-state index contributed by atoms with van der Waals surface area (Å²) in [5.41, 5.74) is 17.9. The fourth-order valence-corrected chi connectivity index (χ4v) is 17.4. The maximum atomic E-state index is 13.3. The molecule has 0 fully saturated rings. The zero-order valence-corrected chi connectivity index (χ0v) is 83.6. The lowest BCUT2D eigenvalue weighted by Crippen LogP contribution is -2.29. The van der Waals surface area contributed by atoms with Gasteiger partial charge in [-0.25, -0.2) is 37.9 Å². The molecular formula is C102H113BrI2N16O14. The van der Waals surface area contributed by atoms with Gasteiger partial charge in [-0.3, -0.25) is 19.2 Å². The van der Waals surface area contributed by atoms with Crippen LogP contribution in [-0.4, -0.2) is 159 Å². The highest BCUT2D eigenvalue weighted by atomic mass is 127. The summed E-state index contributed by atoms with van der Waals surface area (Å²) in [5.74, 6) is 1.12. The van der Waals surface area contributed by atoms with Gasteiger partial charge in [-0.2, -0.15) is 20.4 Å². The third-order valence-corrected chi connectivity index (χ3v) is 25.7. The molecule has 6 N–H and O–H groups in total. The van der Waals surface area contributed by atoms with Crippen LogP contribution in [0.3, 0.4) is 0 Å². The number of carbonyl (C=O) groups excluding carboxylic acids is 9. The predicted octanol–water partition coefficient (Wildman–Crippen LogP) is 16.2. The van der Waals surface area contributed by atoms with Crippen molar-refractivity contribution in [1.29, 1.82) is 0 Å². The second-order valence-corrected chi connectivity index (χ2v) is 36.1. The fraction of sp³-hybridized carbons (Fsp3) is 0.324. The molecule has 12 aromatic rings. The number of halogens is 3. The van der Waals surface area contributed by atoms with E-state index in [1.54, 1.807) is 48.5 Å². The number of benzene rings is 8. The lowest BCUT2D eigenvalue weighted by molar-refractivity contribution is -0.107. The number of fused-ring (bicyclic) bond motifs is 4. The maximum Gasteiger partial charge on any atom is 0.337 e. The fourth-order valence-electron chi connectivity index (χ4n) is 16.3. The van der Waals surface area contributed by atoms with Crippen molar-refractivity contribution in [2.45, 2.75) is 156 Å². The molecule has 0 unspecified atom stereocenters. The third-order valence-electron chi connectivity index (χ3n) is 23.6. The average molecular weight is 2120 g/mol. The second-order valence-electron chi connectivity index (χ2n) is 33.0. The molecule has 135 heavy (non-hydrogen) atoms. The number of rotatable bonds is 29. The first-order valence-corrected chi connectivity index (χ1v) is 47.8. The number of amides is 4. The summed E-state index contributed by atoms with van der Waals surface area (Å²) in [6.07, 6.45) is 3.83. The van der Waals surface area contributed by atoms with Crippen molar-refractivity contribution in [2.24, 2.45) is 0 Å². The van der Waals surface area contributed by atoms with Crippen LogP contribution in [0.2, 0.25) is 0 Å². The Bertz CT molecular complexity index is 6150. The van der Waals surface area contributed by atoms with Crippen LogP contribution in [0, 0.1) is 34.8 Å². The van der Waals surface area contributed by atoms with Crippen LogP contribution >= 0.6 is 61.1 Å². The van der Waals surface area contributed by atoms with Crippen molar-refractivity contribution in [3.05, 3.63) is 324 Å². The van der Waals surface area contributed by atoms with Gasteiger partial charge in [0, 0.05) is 71.3 Å². The molecule has 4 aromatic heterocycles. The molecule has 16 rings (SSSR count). The summed E-state index contributed by atoms with van der Waals surface area (Å²) in [5, 5.41) is 43.6. The topological polar surface area (TPSA) is 352 Å². The molecule has 0 bridgehead atoms. The summed E-state index contributed by atoms with van der Waals surface area (Å²) >= 11 is 7.97. The normalized spacial score (nSPS) is 13.2. The lowest BCUT2D eigenvalue weighted by Gasteiger charge is -2.20. The highest BCUT2D eigenvalue weighted by molar-refractivity contribution is 14.1. The average Bonchev–Trinajstić information content (AvgIpc) is 1.65. The molecule has 0 radical (unpaired) electrons. The number of nitrogens with zero attached hydrogens (tertiary/aromatic N) is 11. The van der Waals surface area contributed by atoms with Gasteiger partial charge in [0.15, 0.2) is 0 Å². The van der Waals surface area contributed by atoms with Gasteiger partial charge in [0.25, 0.3) is 23.6 Å². The Morgan fingerprint density at radius 1 is 0.385 bits per heavy atom. The molecule has 4 amide bonds. The lowest BCUT2D eigenvalue weighted by atomic mass is 10.1. The van der Waals surface area contributed by atoms with Crippen molar-refractivity contribution in [2.75, 3.05) is 81.2 Å². The molecule has 0 saturated carbocycles. The predicted molar refractivity (Wildman–Crippen MR) is 538 cm³/mol. The summed E-state index contributed by atoms with van der Waals surface area (Å²) in [7, 11) is 5.40. The van der Waals surface area contributed by atoms with E-state index in [2.05, 4.69) is 225 Å². The Morgan fingerprint density at radius 2 is 0.659 bits per heavy atom. The zero-order chi connectivity index (χ0) is 96.7. The van der Waals surface area contributed by atoms with Crippen LogP contribution in [0.4, 0.5) is 23.3 Å². The third kappa shape index (κ3) is 25.8. The number of nitrogens with one attached hydrogen (secondary N) is 5. The van der Waals surface area contributed by atoms with Crippen molar-refractivity contribution in [3.8, 4) is 0 Å². The molecule has 4 aliphatic rings. The van der Waals surface area contributed by atoms with Gasteiger partial charge in [0.1, 0.15) is 51.8 Å². The van der Waals surface area contributed by atoms with Crippen LogP contribution in [0.1, 0.15) is 226 Å². The first-order chi connectivity index (χ1) is 65.0. The summed E-state index contributed by atoms with van der Waals surface area (Å²) < 4.78 is 29.0. The molecule has 8 aromatic carbocycles. The van der Waals surface area contributed by atoms with E-state index in [9.17, 15) is 43.2 Å². The van der Waals surface area contributed by atoms with E-state index in [-0.39, 0.29) is 72.3 Å². The second kappa shape index (κ2) is 47.9. The number of hydrogen-bond acceptors (Lipinski definition) is 22. The first kappa shape index (κ1) is 101. The number of esters is 4. The Labute approximate surface area is 821 Å². The van der Waals surface area contributed by atoms with Gasteiger partial charge < -0.3 is 70.1 Å². The van der Waals surface area contributed by atoms with Crippen LogP contribution in [0.15, 0.2) is 194 Å². The molecule has 706 valence electrons. The van der Waals surface area contributed by atoms with Crippen molar-refractivity contribution in [1.82, 2.24) is 60.4 Å². The summed E-state index contributed by atoms with van der Waals surface area (Å²) in [6, 6.07) is 60.8. The molecule has 33 heteroatoms. The SMILES string of the molecule is BrCc1ccc(I)cc1.COC(=O)c1ccc([C@H](C)NC(=O)c2c(C)nn3c2N(Cc2ccc(CCC=O)cc2)CC3)cc1.COC(=O)c1ccc([C@H](C)NC(=O)c2c(C)nn3c2N(Cc2ccc(CCCO)cc2)CC3)cc1.COC(=O)c1ccc([C@H](C)NC(=O)c2c(C)nn3c2N(Cc2ccc(I)cc2)CC3)cc1.COC(=O)c1ccc([C@H](C)NC(=O)c2c(C)nn3c2NCC3)cc1. The Hall–Kier alpha value is -12.9. The standard InChI is InChI=1S/C27H32N4O4.C27H30N4O4.C24H25IN4O3.C17H20N4O3.C7H6BrI/c2*1-18(22-10-12-23(13-11-22)27(34)35-3)28-25(33)24-19(2)29-31-15-14-30(26(24)31)17-21-8-6-20(7-9-21)5-4-16-32;1-15(18-6-8-19(9-7-18)24(31)32-3)26-22(30)21-16(2)27-29-13-12-28(23(21)29)14-17-4-10-20(25)11-5-17;1-10(12-4-6-13(7-5-12)17(23)24-3)19-16(22)14-11(2)20-21-9-8-18-15(14)21;8-5-6-1-3-7(9)4-2-6/h6-13,18,32H,4-5,14-17H2,1-3H3,(H,28,33);6-13,16,18H,4-5,14-15,17H2,1-3H3,(H,28,33);4-11,15H,12-14H2,1-3H3,(H,26,30);4-7,10,18H,8-9H2,1-3H3,(H,19,22);1-4H,5H2/t2*18-;15-;10-;/m0000./s1. The zero-order valence-electron chi connectivity index (χ0n) is 77.7. The van der Waals surface area contributed by atoms with Crippen LogP contribution < -0.4 is 41.3 Å². The highest BCUT2D eigenvalue weighted by Crippen LogP contribution is 2.36. The molecule has 8 heterocycles. The van der Waals surface area contributed by atoms with Crippen LogP contribution in [-0.2, 0) is 87.7 Å². The number of aryl methyl sites for hydroxylation is 6. The molecule has 0 saturated heterocycles. The maximum absolute atomic E-state index is 13.3. The van der Waals surface area contributed by atoms with Crippen LogP contribution in [0.25, 0.3) is 0 Å². The summed E-state index contributed by atoms with van der Waals surface area (Å²) in [6.45, 7) is 23.5.